The molecule has 1 atom stereocenters. The fourth-order valence-corrected chi connectivity index (χ4v) is 7.82. The number of nitrogens with zero attached hydrogens (tertiary/aromatic N) is 2. The molecule has 2 aromatic carbocycles. The molecule has 1 fully saturated rings. The number of aryl methyl sites for hydroxylation is 2. The van der Waals surface area contributed by atoms with E-state index in [-0.39, 0.29) is 54.1 Å². The maximum Gasteiger partial charge on any atom is 0.247 e. The van der Waals surface area contributed by atoms with Crippen molar-refractivity contribution in [2.45, 2.75) is 50.5 Å². The fraction of sp³-hybridized carbons (Fsp3) is 0.478. The number of benzene rings is 2. The van der Waals surface area contributed by atoms with E-state index >= 15 is 0 Å². The summed E-state index contributed by atoms with van der Waals surface area (Å²) in [5.74, 6) is 0.431. The van der Waals surface area contributed by atoms with Crippen LogP contribution in [0.2, 0.25) is 10.0 Å². The van der Waals surface area contributed by atoms with Crippen molar-refractivity contribution < 1.29 is 26.3 Å². The average Bonchev–Trinajstić information content (AvgIpc) is 2.78. The molecule has 35 heavy (non-hydrogen) atoms. The molecule has 194 valence electrons. The zero-order chi connectivity index (χ0) is 26.1. The maximum atomic E-state index is 13.6. The first kappa shape index (κ1) is 28.0. The smallest absolute Gasteiger partial charge is 0.247 e. The lowest BCUT2D eigenvalue weighted by Crippen LogP contribution is -2.55. The van der Waals surface area contributed by atoms with Crippen LogP contribution in [0.15, 0.2) is 34.1 Å². The molecular formula is C23H30Cl2N2O6S2. The molecule has 0 saturated carbocycles. The van der Waals surface area contributed by atoms with Crippen molar-refractivity contribution in [3.05, 3.63) is 45.4 Å². The van der Waals surface area contributed by atoms with Crippen LogP contribution in [0.4, 0.5) is 0 Å². The van der Waals surface area contributed by atoms with E-state index in [0.717, 1.165) is 0 Å². The lowest BCUT2D eigenvalue weighted by molar-refractivity contribution is 0.211. The minimum Gasteiger partial charge on any atom is -0.492 e. The van der Waals surface area contributed by atoms with Gasteiger partial charge < -0.3 is 9.47 Å². The van der Waals surface area contributed by atoms with E-state index in [1.54, 1.807) is 46.8 Å². The van der Waals surface area contributed by atoms with Gasteiger partial charge in [-0.1, -0.05) is 23.2 Å². The number of piperazine rings is 1. The number of rotatable bonds is 8. The number of halogens is 2. The average molecular weight is 566 g/mol. The summed E-state index contributed by atoms with van der Waals surface area (Å²) in [4.78, 5) is -0.0792. The van der Waals surface area contributed by atoms with E-state index in [9.17, 15) is 16.8 Å². The third-order valence-electron chi connectivity index (χ3n) is 5.78. The van der Waals surface area contributed by atoms with Gasteiger partial charge in [-0.2, -0.15) is 8.61 Å². The van der Waals surface area contributed by atoms with E-state index in [1.807, 2.05) is 0 Å². The largest absolute Gasteiger partial charge is 0.492 e. The highest BCUT2D eigenvalue weighted by atomic mass is 35.5. The van der Waals surface area contributed by atoms with Crippen molar-refractivity contribution in [1.82, 2.24) is 8.61 Å². The molecule has 0 aromatic heterocycles. The quantitative estimate of drug-likeness (QED) is 0.468. The Morgan fingerprint density at radius 3 is 1.71 bits per heavy atom. The second kappa shape index (κ2) is 10.8. The lowest BCUT2D eigenvalue weighted by atomic mass is 10.2. The molecule has 1 saturated heterocycles. The molecule has 12 heteroatoms. The van der Waals surface area contributed by atoms with Crippen LogP contribution in [0.1, 0.15) is 31.9 Å². The van der Waals surface area contributed by atoms with Crippen LogP contribution < -0.4 is 9.47 Å². The predicted molar refractivity (Wildman–Crippen MR) is 137 cm³/mol. The van der Waals surface area contributed by atoms with Crippen LogP contribution in [0.3, 0.4) is 0 Å². The van der Waals surface area contributed by atoms with Crippen molar-refractivity contribution in [3.8, 4) is 11.5 Å². The topological polar surface area (TPSA) is 93.2 Å². The van der Waals surface area contributed by atoms with Gasteiger partial charge in [-0.05, 0) is 70.0 Å². The summed E-state index contributed by atoms with van der Waals surface area (Å²) in [6.07, 6.45) is 0. The van der Waals surface area contributed by atoms with E-state index in [1.165, 1.54) is 20.7 Å². The lowest BCUT2D eigenvalue weighted by Gasteiger charge is -2.38. The van der Waals surface area contributed by atoms with Crippen LogP contribution in [0.5, 0.6) is 11.5 Å². The highest BCUT2D eigenvalue weighted by Crippen LogP contribution is 2.36. The molecule has 0 amide bonds. The van der Waals surface area contributed by atoms with Gasteiger partial charge in [-0.15, -0.1) is 0 Å². The van der Waals surface area contributed by atoms with Crippen molar-refractivity contribution >= 4 is 43.2 Å². The molecule has 1 aliphatic heterocycles. The SMILES string of the molecule is CCOc1cc(C)c(Cl)cc1S(=O)(=O)N1CCN(S(=O)(=O)c2cc(Cl)c(C)cc2OCC)[C@@H](C)C1. The zero-order valence-electron chi connectivity index (χ0n) is 20.3. The van der Waals surface area contributed by atoms with Crippen molar-refractivity contribution in [1.29, 1.82) is 0 Å². The van der Waals surface area contributed by atoms with Crippen LogP contribution in [-0.2, 0) is 20.0 Å². The predicted octanol–water partition coefficient (Wildman–Crippen LogP) is 4.49. The second-order valence-electron chi connectivity index (χ2n) is 8.29. The summed E-state index contributed by atoms with van der Waals surface area (Å²) >= 11 is 12.5. The van der Waals surface area contributed by atoms with Gasteiger partial charge in [0.05, 0.1) is 13.2 Å². The fourth-order valence-electron chi connectivity index (χ4n) is 3.96. The van der Waals surface area contributed by atoms with E-state index in [2.05, 4.69) is 0 Å². The van der Waals surface area contributed by atoms with Crippen molar-refractivity contribution in [3.63, 3.8) is 0 Å². The third kappa shape index (κ3) is 5.57. The van der Waals surface area contributed by atoms with Gasteiger partial charge in [-0.25, -0.2) is 16.8 Å². The Balaban J connectivity index is 1.93. The molecule has 0 spiro atoms. The molecule has 3 rings (SSSR count). The first-order chi connectivity index (χ1) is 16.3. The highest BCUT2D eigenvalue weighted by molar-refractivity contribution is 7.89. The van der Waals surface area contributed by atoms with E-state index in [0.29, 0.717) is 21.2 Å². The van der Waals surface area contributed by atoms with Gasteiger partial charge in [0.25, 0.3) is 0 Å². The molecule has 0 unspecified atom stereocenters. The monoisotopic (exact) mass is 564 g/mol. The number of sulfonamides is 2. The van der Waals surface area contributed by atoms with Crippen molar-refractivity contribution in [2.24, 2.45) is 0 Å². The first-order valence-electron chi connectivity index (χ1n) is 11.2. The van der Waals surface area contributed by atoms with Gasteiger partial charge in [-0.3, -0.25) is 0 Å². The van der Waals surface area contributed by atoms with Gasteiger partial charge in [0, 0.05) is 35.7 Å². The molecule has 0 N–H and O–H groups in total. The molecule has 1 aliphatic rings. The Labute approximate surface area is 217 Å². The minimum absolute atomic E-state index is 0.0352. The highest BCUT2D eigenvalue weighted by Gasteiger charge is 2.40. The molecule has 0 aliphatic carbocycles. The Morgan fingerprint density at radius 1 is 0.829 bits per heavy atom. The normalized spacial score (nSPS) is 18.0. The summed E-state index contributed by atoms with van der Waals surface area (Å²) in [6, 6.07) is 5.32. The van der Waals surface area contributed by atoms with Crippen LogP contribution in [0.25, 0.3) is 0 Å². The Morgan fingerprint density at radius 2 is 1.29 bits per heavy atom. The Kier molecular flexibility index (Phi) is 8.66. The standard InChI is InChI=1S/C23H30Cl2N2O6S2/c1-6-32-20-10-15(3)18(24)12-22(20)34(28,29)26-8-9-27(17(5)14-26)35(30,31)23-13-19(25)16(4)11-21(23)33-7-2/h10-13,17H,6-9,14H2,1-5H3/t17-/m0/s1. The molecule has 0 radical (unpaired) electrons. The minimum atomic E-state index is -4.01. The third-order valence-corrected chi connectivity index (χ3v) is 10.5. The van der Waals surface area contributed by atoms with Crippen LogP contribution in [-0.4, -0.2) is 64.3 Å². The first-order valence-corrected chi connectivity index (χ1v) is 14.9. The summed E-state index contributed by atoms with van der Waals surface area (Å²) in [7, 11) is -8.00. The summed E-state index contributed by atoms with van der Waals surface area (Å²) in [5.41, 5.74) is 1.39. The molecule has 2 aromatic rings. The number of hydrogen-bond acceptors (Lipinski definition) is 6. The summed E-state index contributed by atoms with van der Waals surface area (Å²) in [6.45, 7) is 9.18. The van der Waals surface area contributed by atoms with Gasteiger partial charge >= 0.3 is 0 Å². The maximum absolute atomic E-state index is 13.6. The van der Waals surface area contributed by atoms with Gasteiger partial charge in [0.2, 0.25) is 20.0 Å². The molecular weight excluding hydrogens is 535 g/mol. The zero-order valence-corrected chi connectivity index (χ0v) is 23.5. The molecule has 8 nitrogen and oxygen atoms in total. The Bertz CT molecular complexity index is 1320. The van der Waals surface area contributed by atoms with Crippen molar-refractivity contribution in [2.75, 3.05) is 32.8 Å². The van der Waals surface area contributed by atoms with Crippen LogP contribution >= 0.6 is 23.2 Å². The number of ether oxygens (including phenoxy) is 2. The summed E-state index contributed by atoms with van der Waals surface area (Å²) in [5, 5.41) is 0.613. The Hall–Kier alpha value is -1.56. The van der Waals surface area contributed by atoms with Crippen LogP contribution in [0, 0.1) is 13.8 Å². The summed E-state index contributed by atoms with van der Waals surface area (Å²) < 4.78 is 67.9. The van der Waals surface area contributed by atoms with Gasteiger partial charge in [0.15, 0.2) is 0 Å². The van der Waals surface area contributed by atoms with Gasteiger partial charge in [0.1, 0.15) is 21.3 Å². The van der Waals surface area contributed by atoms with E-state index in [4.69, 9.17) is 32.7 Å². The number of hydrogen-bond donors (Lipinski definition) is 0. The second-order valence-corrected chi connectivity index (χ2v) is 12.9. The molecule has 0 bridgehead atoms. The van der Waals surface area contributed by atoms with E-state index < -0.39 is 26.1 Å². The molecule has 1 heterocycles.